The highest BCUT2D eigenvalue weighted by Gasteiger charge is 2.21. The topological polar surface area (TPSA) is 67.9 Å². The number of hydrogen-bond donors (Lipinski definition) is 0. The lowest BCUT2D eigenvalue weighted by atomic mass is 10.1. The van der Waals surface area contributed by atoms with Crippen molar-refractivity contribution >= 4 is 5.78 Å². The monoisotopic (exact) mass is 337 g/mol. The van der Waals surface area contributed by atoms with Crippen LogP contribution in [0.2, 0.25) is 0 Å². The van der Waals surface area contributed by atoms with E-state index in [-0.39, 0.29) is 18.7 Å². The highest BCUT2D eigenvalue weighted by Crippen LogP contribution is 2.30. The van der Waals surface area contributed by atoms with Gasteiger partial charge in [0.15, 0.2) is 5.78 Å². The molecule has 0 saturated heterocycles. The van der Waals surface area contributed by atoms with Gasteiger partial charge in [0.25, 0.3) is 0 Å². The third kappa shape index (κ3) is 3.09. The van der Waals surface area contributed by atoms with E-state index in [1.165, 1.54) is 23.9 Å². The summed E-state index contributed by atoms with van der Waals surface area (Å²) in [6.07, 6.45) is 1.39. The molecule has 25 heavy (non-hydrogen) atoms. The molecule has 0 saturated carbocycles. The molecule has 2 aliphatic heterocycles. The third-order valence-corrected chi connectivity index (χ3v) is 4.09. The number of methoxy groups -OCH3 is 1. The number of halogens is 1. The van der Waals surface area contributed by atoms with Crippen LogP contribution in [-0.2, 0) is 13.0 Å². The van der Waals surface area contributed by atoms with Gasteiger partial charge >= 0.3 is 0 Å². The number of nitriles is 1. The second-order valence-electron chi connectivity index (χ2n) is 5.66. The lowest BCUT2D eigenvalue weighted by molar-refractivity contribution is 0.0969. The molecule has 0 aromatic heterocycles. The molecule has 5 nitrogen and oxygen atoms in total. The van der Waals surface area contributed by atoms with Gasteiger partial charge in [0.1, 0.15) is 17.4 Å². The Morgan fingerprint density at radius 2 is 2.16 bits per heavy atom. The number of aryl methyl sites for hydroxylation is 1. The first-order valence-electron chi connectivity index (χ1n) is 7.73. The molecule has 3 rings (SSSR count). The first-order chi connectivity index (χ1) is 12.0. The number of aromatic nitrogens is 2. The van der Waals surface area contributed by atoms with Crippen LogP contribution in [0.25, 0.3) is 11.4 Å². The van der Waals surface area contributed by atoms with E-state index in [2.05, 4.69) is 11.1 Å². The maximum Gasteiger partial charge on any atom is 0.186 e. The molecular weight excluding hydrogens is 321 g/mol. The number of hydrogen-bond acceptors (Lipinski definition) is 4. The maximum atomic E-state index is 14.1. The molecule has 0 aliphatic carbocycles. The molecule has 0 fully saturated rings. The van der Waals surface area contributed by atoms with E-state index in [9.17, 15) is 9.18 Å². The molecule has 0 N–H and O–H groups in total. The smallest absolute Gasteiger partial charge is 0.186 e. The average Bonchev–Trinajstić information content (AvgIpc) is 2.91. The lowest BCUT2D eigenvalue weighted by Crippen LogP contribution is -2.14. The number of para-hydroxylation sites is 1. The van der Waals surface area contributed by atoms with Crippen LogP contribution in [0.3, 0.4) is 0 Å². The summed E-state index contributed by atoms with van der Waals surface area (Å²) in [4.78, 5) is 17.1. The van der Waals surface area contributed by atoms with E-state index in [0.29, 0.717) is 34.0 Å². The van der Waals surface area contributed by atoms with Gasteiger partial charge in [-0.15, -0.1) is 0 Å². The van der Waals surface area contributed by atoms with Crippen LogP contribution >= 0.6 is 0 Å². The summed E-state index contributed by atoms with van der Waals surface area (Å²) in [5.74, 6) is 0.272. The number of benzene rings is 1. The van der Waals surface area contributed by atoms with Gasteiger partial charge in [-0.3, -0.25) is 4.79 Å². The van der Waals surface area contributed by atoms with Crippen molar-refractivity contribution in [3.05, 3.63) is 59.2 Å². The van der Waals surface area contributed by atoms with Crippen LogP contribution in [0.4, 0.5) is 4.39 Å². The molecule has 1 aromatic carbocycles. The molecule has 0 spiro atoms. The largest absolute Gasteiger partial charge is 0.496 e. The van der Waals surface area contributed by atoms with Gasteiger partial charge in [-0.25, -0.2) is 9.37 Å². The number of ether oxygens (including phenoxy) is 1. The zero-order chi connectivity index (χ0) is 18.0. The van der Waals surface area contributed by atoms with E-state index in [0.717, 1.165) is 0 Å². The van der Waals surface area contributed by atoms with Gasteiger partial charge < -0.3 is 9.30 Å². The minimum atomic E-state index is -0.480. The van der Waals surface area contributed by atoms with Gasteiger partial charge in [0, 0.05) is 17.5 Å². The lowest BCUT2D eigenvalue weighted by Gasteiger charge is -2.13. The molecule has 0 bridgehead atoms. The van der Waals surface area contributed by atoms with Crippen molar-refractivity contribution in [1.29, 1.82) is 5.26 Å². The van der Waals surface area contributed by atoms with Crippen molar-refractivity contribution < 1.29 is 13.9 Å². The van der Waals surface area contributed by atoms with Gasteiger partial charge in [-0.05, 0) is 30.7 Å². The summed E-state index contributed by atoms with van der Waals surface area (Å²) in [5.41, 5.74) is 2.35. The van der Waals surface area contributed by atoms with Crippen molar-refractivity contribution in [1.82, 2.24) is 9.55 Å². The zero-order valence-corrected chi connectivity index (χ0v) is 13.9. The van der Waals surface area contributed by atoms with Crippen molar-refractivity contribution in [2.45, 2.75) is 19.9 Å². The van der Waals surface area contributed by atoms with E-state index in [1.807, 2.05) is 0 Å². The first kappa shape index (κ1) is 16.7. The Bertz CT molecular complexity index is 956. The van der Waals surface area contributed by atoms with Crippen LogP contribution in [0, 0.1) is 24.1 Å². The van der Waals surface area contributed by atoms with Crippen molar-refractivity contribution in [2.75, 3.05) is 7.11 Å². The van der Waals surface area contributed by atoms with Crippen LogP contribution in [0.5, 0.6) is 5.75 Å². The second-order valence-corrected chi connectivity index (χ2v) is 5.66. The highest BCUT2D eigenvalue weighted by atomic mass is 19.1. The SMILES string of the molecule is COc1ccccc1C(=O)Cn1cc(F)cc2c(CC#N)c(C)nc1-2. The van der Waals surface area contributed by atoms with E-state index in [4.69, 9.17) is 10.00 Å². The molecule has 0 atom stereocenters. The van der Waals surface area contributed by atoms with Crippen LogP contribution in [-0.4, -0.2) is 22.4 Å². The third-order valence-electron chi connectivity index (χ3n) is 4.09. The summed E-state index contributed by atoms with van der Waals surface area (Å²) in [7, 11) is 1.50. The second kappa shape index (κ2) is 6.73. The van der Waals surface area contributed by atoms with Gasteiger partial charge in [0.2, 0.25) is 0 Å². The van der Waals surface area contributed by atoms with Gasteiger partial charge in [-0.2, -0.15) is 5.26 Å². The number of rotatable bonds is 5. The van der Waals surface area contributed by atoms with Gasteiger partial charge in [-0.1, -0.05) is 12.1 Å². The van der Waals surface area contributed by atoms with Crippen molar-refractivity contribution in [2.24, 2.45) is 0 Å². The minimum Gasteiger partial charge on any atom is -0.496 e. The van der Waals surface area contributed by atoms with Crippen LogP contribution < -0.4 is 4.74 Å². The fraction of sp³-hybridized carbons (Fsp3) is 0.211. The summed E-state index contributed by atoms with van der Waals surface area (Å²) in [5, 5.41) is 8.97. The number of carbonyl (C=O) groups excluding carboxylic acids is 1. The number of pyridine rings is 1. The molecule has 2 heterocycles. The first-order valence-corrected chi connectivity index (χ1v) is 7.73. The Kier molecular flexibility index (Phi) is 4.48. The Morgan fingerprint density at radius 1 is 1.40 bits per heavy atom. The van der Waals surface area contributed by atoms with E-state index in [1.54, 1.807) is 31.2 Å². The van der Waals surface area contributed by atoms with E-state index >= 15 is 0 Å². The Morgan fingerprint density at radius 3 is 2.88 bits per heavy atom. The van der Waals surface area contributed by atoms with Crippen LogP contribution in [0.15, 0.2) is 36.5 Å². The molecule has 2 aliphatic rings. The Balaban J connectivity index is 2.02. The molecule has 0 unspecified atom stereocenters. The predicted molar refractivity (Wildman–Crippen MR) is 90.2 cm³/mol. The number of ketones is 1. The number of Topliss-reactive ketones (excluding diaryl/α,β-unsaturated/α-hetero) is 1. The summed E-state index contributed by atoms with van der Waals surface area (Å²) < 4.78 is 20.8. The molecule has 0 amide bonds. The zero-order valence-electron chi connectivity index (χ0n) is 13.9. The number of fused-ring (bicyclic) bond motifs is 1. The van der Waals surface area contributed by atoms with Crippen molar-refractivity contribution in [3.63, 3.8) is 0 Å². The van der Waals surface area contributed by atoms with Crippen LogP contribution in [0.1, 0.15) is 21.6 Å². The number of carbonyl (C=O) groups is 1. The summed E-state index contributed by atoms with van der Waals surface area (Å²) in [6, 6.07) is 10.3. The minimum absolute atomic E-state index is 0.0723. The Labute approximate surface area is 144 Å². The molecule has 0 radical (unpaired) electrons. The highest BCUT2D eigenvalue weighted by molar-refractivity contribution is 5.98. The number of nitrogens with zero attached hydrogens (tertiary/aromatic N) is 3. The summed E-state index contributed by atoms with van der Waals surface area (Å²) in [6.45, 7) is 1.70. The molecule has 6 heteroatoms. The quantitative estimate of drug-likeness (QED) is 0.669. The van der Waals surface area contributed by atoms with Gasteiger partial charge in [0.05, 0.1) is 31.7 Å². The standard InChI is InChI=1S/C19H16FN3O2/c1-12-14(7-8-21)16-9-13(20)10-23(19(16)22-12)11-17(24)15-5-3-4-6-18(15)25-2/h3-6,9-10H,7,11H2,1-2H3. The fourth-order valence-electron chi connectivity index (χ4n) is 2.91. The Hall–Kier alpha value is -3.20. The molecule has 126 valence electrons. The molecular formula is C19H16FN3O2. The fourth-order valence-corrected chi connectivity index (χ4v) is 2.91. The maximum absolute atomic E-state index is 14.1. The average molecular weight is 337 g/mol. The van der Waals surface area contributed by atoms with E-state index < -0.39 is 5.82 Å². The summed E-state index contributed by atoms with van der Waals surface area (Å²) >= 11 is 0. The van der Waals surface area contributed by atoms with Crippen molar-refractivity contribution in [3.8, 4) is 23.2 Å². The molecule has 1 aromatic rings. The normalized spacial score (nSPS) is 10.6. The predicted octanol–water partition coefficient (Wildman–Crippen LogP) is 3.39.